The highest BCUT2D eigenvalue weighted by atomic mass is 16.1. The molecule has 102 valence electrons. The molecule has 0 atom stereocenters. The molecule has 0 radical (unpaired) electrons. The van der Waals surface area contributed by atoms with Gasteiger partial charge in [0.25, 0.3) is 0 Å². The lowest BCUT2D eigenvalue weighted by molar-refractivity contribution is -0.108. The maximum Gasteiger partial charge on any atom is 0.142 e. The highest BCUT2D eigenvalue weighted by molar-refractivity contribution is 5.64. The number of unbranched alkanes of at least 4 members (excludes halogenated alkanes) is 6. The van der Waals surface area contributed by atoms with Crippen LogP contribution < -0.4 is 0 Å². The summed E-state index contributed by atoms with van der Waals surface area (Å²) < 4.78 is 0. The van der Waals surface area contributed by atoms with Gasteiger partial charge in [-0.3, -0.25) is 4.79 Å². The van der Waals surface area contributed by atoms with E-state index in [2.05, 4.69) is 13.2 Å². The Kier molecular flexibility index (Phi) is 22.0. The highest BCUT2D eigenvalue weighted by Crippen LogP contribution is 2.00. The molecule has 0 N–H and O–H groups in total. The largest absolute Gasteiger partial charge is 0.303 e. The number of carbonyl (C=O) groups excluding carboxylic acids is 2. The molecule has 0 amide bonds. The van der Waals surface area contributed by atoms with Crippen LogP contribution in [0.25, 0.3) is 0 Å². The summed E-state index contributed by atoms with van der Waals surface area (Å²) in [5, 5.41) is 0. The van der Waals surface area contributed by atoms with Gasteiger partial charge in [-0.05, 0) is 44.6 Å². The number of hydrogen-bond donors (Lipinski definition) is 0. The number of allylic oxidation sites excluding steroid dienone is 4. The lowest BCUT2D eigenvalue weighted by Crippen LogP contribution is -1.76. The average molecular weight is 250 g/mol. The van der Waals surface area contributed by atoms with Crippen molar-refractivity contribution in [2.24, 2.45) is 0 Å². The van der Waals surface area contributed by atoms with Crippen LogP contribution in [0.2, 0.25) is 0 Å². The topological polar surface area (TPSA) is 34.1 Å². The Hall–Kier alpha value is -1.44. The second-order valence-electron chi connectivity index (χ2n) is 3.88. The molecule has 18 heavy (non-hydrogen) atoms. The van der Waals surface area contributed by atoms with E-state index in [-0.39, 0.29) is 0 Å². The number of hydrogen-bond acceptors (Lipinski definition) is 2. The normalized spacial score (nSPS) is 9.33. The molecule has 0 heterocycles. The third kappa shape index (κ3) is 24.0. The molecule has 2 nitrogen and oxygen atoms in total. The molecule has 2 heteroatoms. The maximum absolute atomic E-state index is 9.82. The minimum atomic E-state index is 0.719. The van der Waals surface area contributed by atoms with E-state index < -0.39 is 0 Å². The van der Waals surface area contributed by atoms with Crippen LogP contribution in [-0.4, -0.2) is 12.6 Å². The minimum absolute atomic E-state index is 0.719. The smallest absolute Gasteiger partial charge is 0.142 e. The van der Waals surface area contributed by atoms with E-state index in [1.165, 1.54) is 12.5 Å². The third-order valence-electron chi connectivity index (χ3n) is 2.22. The molecule has 0 aromatic carbocycles. The van der Waals surface area contributed by atoms with Crippen molar-refractivity contribution in [1.29, 1.82) is 0 Å². The van der Waals surface area contributed by atoms with Crippen LogP contribution in [0.5, 0.6) is 0 Å². The number of rotatable bonds is 11. The standard InChI is InChI=1S/C8H14O.C8H12O/c2*1-2-3-4-5-6-7-8-9/h2,8H,1,3-7H2;2,6-8H,1,3-5H2. The fourth-order valence-corrected chi connectivity index (χ4v) is 1.22. The molecular weight excluding hydrogens is 224 g/mol. The lowest BCUT2D eigenvalue weighted by atomic mass is 10.1. The second kappa shape index (κ2) is 20.9. The van der Waals surface area contributed by atoms with E-state index in [0.717, 1.165) is 57.5 Å². The summed E-state index contributed by atoms with van der Waals surface area (Å²) in [6.07, 6.45) is 17.3. The summed E-state index contributed by atoms with van der Waals surface area (Å²) in [6.45, 7) is 7.19. The van der Waals surface area contributed by atoms with Gasteiger partial charge < -0.3 is 4.79 Å². The van der Waals surface area contributed by atoms with E-state index in [1.807, 2.05) is 18.2 Å². The van der Waals surface area contributed by atoms with Gasteiger partial charge in [0.05, 0.1) is 0 Å². The molecule has 0 saturated heterocycles. The molecule has 0 aliphatic heterocycles. The monoisotopic (exact) mass is 250 g/mol. The van der Waals surface area contributed by atoms with Crippen molar-refractivity contribution >= 4 is 12.6 Å². The molecule has 0 unspecified atom stereocenters. The van der Waals surface area contributed by atoms with Crippen molar-refractivity contribution in [2.45, 2.75) is 51.4 Å². The van der Waals surface area contributed by atoms with Gasteiger partial charge in [0, 0.05) is 6.42 Å². The predicted molar refractivity (Wildman–Crippen MR) is 78.6 cm³/mol. The quantitative estimate of drug-likeness (QED) is 0.235. The van der Waals surface area contributed by atoms with Crippen molar-refractivity contribution in [3.05, 3.63) is 37.5 Å². The molecule has 0 saturated carbocycles. The molecule has 0 spiro atoms. The fraction of sp³-hybridized carbons (Fsp3) is 0.500. The van der Waals surface area contributed by atoms with Gasteiger partial charge in [0.1, 0.15) is 12.6 Å². The van der Waals surface area contributed by atoms with Gasteiger partial charge in [-0.25, -0.2) is 0 Å². The maximum atomic E-state index is 9.82. The van der Waals surface area contributed by atoms with Crippen LogP contribution in [0.3, 0.4) is 0 Å². The van der Waals surface area contributed by atoms with Crippen LogP contribution in [0, 0.1) is 0 Å². The van der Waals surface area contributed by atoms with Crippen LogP contribution in [0.15, 0.2) is 37.5 Å². The molecular formula is C16H26O2. The van der Waals surface area contributed by atoms with Crippen molar-refractivity contribution in [3.63, 3.8) is 0 Å². The van der Waals surface area contributed by atoms with Crippen LogP contribution in [0.4, 0.5) is 0 Å². The Labute approximate surface area is 111 Å². The summed E-state index contributed by atoms with van der Waals surface area (Å²) in [5.74, 6) is 0. The Morgan fingerprint density at radius 3 is 1.89 bits per heavy atom. The lowest BCUT2D eigenvalue weighted by Gasteiger charge is -1.91. The Balaban J connectivity index is 0. The van der Waals surface area contributed by atoms with E-state index in [1.54, 1.807) is 0 Å². The molecule has 0 fully saturated rings. The molecule has 0 bridgehead atoms. The molecule has 0 aliphatic rings. The summed E-state index contributed by atoms with van der Waals surface area (Å²) in [7, 11) is 0. The molecule has 0 aliphatic carbocycles. The Bertz CT molecular complexity index is 219. The van der Waals surface area contributed by atoms with Gasteiger partial charge in [-0.15, -0.1) is 13.2 Å². The van der Waals surface area contributed by atoms with Gasteiger partial charge in [0.15, 0.2) is 0 Å². The molecule has 0 rings (SSSR count). The molecule has 0 aromatic heterocycles. The van der Waals surface area contributed by atoms with Gasteiger partial charge >= 0.3 is 0 Å². The first-order valence-corrected chi connectivity index (χ1v) is 6.59. The summed E-state index contributed by atoms with van der Waals surface area (Å²) in [5.41, 5.74) is 0. The Morgan fingerprint density at radius 1 is 0.722 bits per heavy atom. The van der Waals surface area contributed by atoms with Gasteiger partial charge in [-0.1, -0.05) is 24.6 Å². The van der Waals surface area contributed by atoms with Gasteiger partial charge in [-0.2, -0.15) is 0 Å². The predicted octanol–water partition coefficient (Wildman–Crippen LogP) is 4.42. The third-order valence-corrected chi connectivity index (χ3v) is 2.22. The van der Waals surface area contributed by atoms with Gasteiger partial charge in [0.2, 0.25) is 0 Å². The van der Waals surface area contributed by atoms with Crippen molar-refractivity contribution in [1.82, 2.24) is 0 Å². The van der Waals surface area contributed by atoms with Crippen molar-refractivity contribution in [3.8, 4) is 0 Å². The van der Waals surface area contributed by atoms with E-state index in [4.69, 9.17) is 0 Å². The second-order valence-corrected chi connectivity index (χ2v) is 3.88. The number of carbonyl (C=O) groups is 2. The summed E-state index contributed by atoms with van der Waals surface area (Å²) >= 11 is 0. The zero-order valence-corrected chi connectivity index (χ0v) is 11.4. The SMILES string of the molecule is C=CCCCC=CC=O.C=CCCCCCC=O. The van der Waals surface area contributed by atoms with Crippen molar-refractivity contribution in [2.75, 3.05) is 0 Å². The first kappa shape index (κ1) is 18.9. The van der Waals surface area contributed by atoms with E-state index >= 15 is 0 Å². The summed E-state index contributed by atoms with van der Waals surface area (Å²) in [4.78, 5) is 19.5. The van der Waals surface area contributed by atoms with E-state index in [0.29, 0.717) is 0 Å². The first-order chi connectivity index (χ1) is 8.83. The van der Waals surface area contributed by atoms with E-state index in [9.17, 15) is 9.59 Å². The van der Waals surface area contributed by atoms with Crippen LogP contribution in [0.1, 0.15) is 51.4 Å². The minimum Gasteiger partial charge on any atom is -0.303 e. The van der Waals surface area contributed by atoms with Crippen molar-refractivity contribution < 1.29 is 9.59 Å². The highest BCUT2D eigenvalue weighted by Gasteiger charge is 1.84. The fourth-order valence-electron chi connectivity index (χ4n) is 1.22. The number of aldehydes is 2. The zero-order valence-electron chi connectivity index (χ0n) is 11.4. The average Bonchev–Trinajstić information content (AvgIpc) is 2.39. The Morgan fingerprint density at radius 2 is 1.33 bits per heavy atom. The van der Waals surface area contributed by atoms with Crippen LogP contribution >= 0.6 is 0 Å². The van der Waals surface area contributed by atoms with Crippen LogP contribution in [-0.2, 0) is 9.59 Å². The first-order valence-electron chi connectivity index (χ1n) is 6.59. The molecule has 0 aromatic rings. The zero-order chi connectivity index (χ0) is 13.9. The summed E-state index contributed by atoms with van der Waals surface area (Å²) in [6, 6.07) is 0.